The van der Waals surface area contributed by atoms with Gasteiger partial charge in [-0.05, 0) is 30.5 Å². The van der Waals surface area contributed by atoms with Crippen molar-refractivity contribution in [2.24, 2.45) is 9.98 Å². The first-order chi connectivity index (χ1) is 8.77. The van der Waals surface area contributed by atoms with Crippen LogP contribution in [0, 0.1) is 13.8 Å². The number of benzene rings is 2. The molecular formula is C16H16N2. The van der Waals surface area contributed by atoms with E-state index in [-0.39, 0.29) is 0 Å². The van der Waals surface area contributed by atoms with E-state index in [0.717, 1.165) is 16.8 Å². The maximum atomic E-state index is 4.30. The zero-order valence-corrected chi connectivity index (χ0v) is 10.7. The zero-order valence-electron chi connectivity index (χ0n) is 10.7. The van der Waals surface area contributed by atoms with Gasteiger partial charge in [0.15, 0.2) is 0 Å². The molecule has 2 aromatic rings. The van der Waals surface area contributed by atoms with Crippen LogP contribution in [0.3, 0.4) is 0 Å². The van der Waals surface area contributed by atoms with Gasteiger partial charge in [-0.2, -0.15) is 4.99 Å². The van der Waals surface area contributed by atoms with Gasteiger partial charge in [-0.1, -0.05) is 48.5 Å². The average molecular weight is 236 g/mol. The Hall–Kier alpha value is -2.18. The largest absolute Gasteiger partial charge is 0.221 e. The number of hydrogen-bond donors (Lipinski definition) is 0. The maximum Gasteiger partial charge on any atom is 0.0952 e. The predicted octanol–water partition coefficient (Wildman–Crippen LogP) is 4.31. The molecule has 0 fully saturated rings. The van der Waals surface area contributed by atoms with E-state index >= 15 is 0 Å². The molecule has 2 rings (SSSR count). The van der Waals surface area contributed by atoms with E-state index in [2.05, 4.69) is 16.0 Å². The Morgan fingerprint density at radius 3 is 2.22 bits per heavy atom. The zero-order chi connectivity index (χ0) is 12.8. The second-order valence-corrected chi connectivity index (χ2v) is 4.25. The van der Waals surface area contributed by atoms with Crippen molar-refractivity contribution in [1.29, 1.82) is 0 Å². The normalized spacial score (nSPS) is 9.67. The molecule has 0 aliphatic rings. The first-order valence-corrected chi connectivity index (χ1v) is 6.00. The summed E-state index contributed by atoms with van der Waals surface area (Å²) >= 11 is 0. The van der Waals surface area contributed by atoms with Crippen LogP contribution in [0.15, 0.2) is 58.5 Å². The van der Waals surface area contributed by atoms with E-state index in [1.165, 1.54) is 5.56 Å². The first-order valence-electron chi connectivity index (χ1n) is 6.00. The summed E-state index contributed by atoms with van der Waals surface area (Å²) in [6.45, 7) is 4.71. The van der Waals surface area contributed by atoms with Crippen LogP contribution < -0.4 is 0 Å². The SMILES string of the molecule is Cc1cccc(C)c1N=C=NCc1ccccc1. The van der Waals surface area contributed by atoms with E-state index in [4.69, 9.17) is 0 Å². The van der Waals surface area contributed by atoms with Gasteiger partial charge >= 0.3 is 0 Å². The minimum absolute atomic E-state index is 0.620. The van der Waals surface area contributed by atoms with Gasteiger partial charge in [-0.3, -0.25) is 0 Å². The molecule has 0 spiro atoms. The Labute approximate surface area is 108 Å². The Morgan fingerprint density at radius 1 is 0.889 bits per heavy atom. The molecule has 18 heavy (non-hydrogen) atoms. The fourth-order valence-electron chi connectivity index (χ4n) is 1.78. The van der Waals surface area contributed by atoms with Crippen molar-refractivity contribution in [2.75, 3.05) is 0 Å². The topological polar surface area (TPSA) is 24.7 Å². The molecule has 90 valence electrons. The van der Waals surface area contributed by atoms with Crippen LogP contribution in [0.2, 0.25) is 0 Å². The van der Waals surface area contributed by atoms with Crippen molar-refractivity contribution in [3.8, 4) is 0 Å². The molecular weight excluding hydrogens is 220 g/mol. The lowest BCUT2D eigenvalue weighted by molar-refractivity contribution is 1.08. The minimum atomic E-state index is 0.620. The predicted molar refractivity (Wildman–Crippen MR) is 75.6 cm³/mol. The number of aryl methyl sites for hydroxylation is 2. The fourth-order valence-corrected chi connectivity index (χ4v) is 1.78. The van der Waals surface area contributed by atoms with Crippen LogP contribution in [0.4, 0.5) is 5.69 Å². The van der Waals surface area contributed by atoms with Crippen molar-refractivity contribution in [1.82, 2.24) is 0 Å². The molecule has 0 atom stereocenters. The third-order valence-corrected chi connectivity index (χ3v) is 2.78. The molecule has 0 aromatic heterocycles. The number of rotatable bonds is 3. The summed E-state index contributed by atoms with van der Waals surface area (Å²) in [6, 6.07) is 19.0. The molecule has 2 aromatic carbocycles. The molecule has 0 saturated carbocycles. The smallest absolute Gasteiger partial charge is 0.0952 e. The molecule has 0 unspecified atom stereocenters. The van der Waals surface area contributed by atoms with E-state index in [0.29, 0.717) is 6.54 Å². The lowest BCUT2D eigenvalue weighted by Crippen LogP contribution is -1.80. The summed E-state index contributed by atoms with van der Waals surface area (Å²) in [5.74, 6) is 0. The van der Waals surface area contributed by atoms with E-state index < -0.39 is 0 Å². The van der Waals surface area contributed by atoms with Crippen molar-refractivity contribution < 1.29 is 0 Å². The monoisotopic (exact) mass is 236 g/mol. The number of para-hydroxylation sites is 1. The number of hydrogen-bond acceptors (Lipinski definition) is 2. The molecule has 0 bridgehead atoms. The third-order valence-electron chi connectivity index (χ3n) is 2.78. The maximum absolute atomic E-state index is 4.30. The van der Waals surface area contributed by atoms with Gasteiger partial charge < -0.3 is 0 Å². The second-order valence-electron chi connectivity index (χ2n) is 4.25. The number of aliphatic imine (C=N–C) groups is 2. The van der Waals surface area contributed by atoms with Crippen molar-refractivity contribution >= 4 is 11.7 Å². The highest BCUT2D eigenvalue weighted by molar-refractivity contribution is 5.59. The molecule has 0 radical (unpaired) electrons. The van der Waals surface area contributed by atoms with Gasteiger partial charge in [-0.15, -0.1) is 0 Å². The van der Waals surface area contributed by atoms with Crippen LogP contribution >= 0.6 is 0 Å². The molecule has 0 N–H and O–H groups in total. The molecule has 0 saturated heterocycles. The summed E-state index contributed by atoms with van der Waals surface area (Å²) in [5.41, 5.74) is 4.44. The Balaban J connectivity index is 2.12. The Morgan fingerprint density at radius 2 is 1.56 bits per heavy atom. The Kier molecular flexibility index (Phi) is 4.06. The van der Waals surface area contributed by atoms with Crippen molar-refractivity contribution in [3.63, 3.8) is 0 Å². The van der Waals surface area contributed by atoms with Crippen LogP contribution in [0.5, 0.6) is 0 Å². The summed E-state index contributed by atoms with van der Waals surface area (Å²) < 4.78 is 0. The second kappa shape index (κ2) is 5.95. The van der Waals surface area contributed by atoms with Gasteiger partial charge in [0, 0.05) is 0 Å². The summed E-state index contributed by atoms with van der Waals surface area (Å²) in [4.78, 5) is 8.51. The minimum Gasteiger partial charge on any atom is -0.221 e. The molecule has 2 heteroatoms. The molecule has 0 aliphatic carbocycles. The summed E-state index contributed by atoms with van der Waals surface area (Å²) in [5, 5.41) is 0. The molecule has 2 nitrogen and oxygen atoms in total. The van der Waals surface area contributed by atoms with Crippen molar-refractivity contribution in [3.05, 3.63) is 65.2 Å². The lowest BCUT2D eigenvalue weighted by atomic mass is 10.1. The van der Waals surface area contributed by atoms with Gasteiger partial charge in [0.25, 0.3) is 0 Å². The summed E-state index contributed by atoms with van der Waals surface area (Å²) in [7, 11) is 0. The van der Waals surface area contributed by atoms with Gasteiger partial charge in [0.1, 0.15) is 0 Å². The highest BCUT2D eigenvalue weighted by atomic mass is 14.8. The Bertz CT molecular complexity index is 559. The van der Waals surface area contributed by atoms with Crippen LogP contribution in [0.1, 0.15) is 16.7 Å². The molecule has 0 heterocycles. The van der Waals surface area contributed by atoms with E-state index in [1.54, 1.807) is 0 Å². The van der Waals surface area contributed by atoms with E-state index in [9.17, 15) is 0 Å². The van der Waals surface area contributed by atoms with Crippen LogP contribution in [0.25, 0.3) is 0 Å². The summed E-state index contributed by atoms with van der Waals surface area (Å²) in [6.07, 6.45) is 0. The number of nitrogens with zero attached hydrogens (tertiary/aromatic N) is 2. The van der Waals surface area contributed by atoms with E-state index in [1.807, 2.05) is 62.4 Å². The lowest BCUT2D eigenvalue weighted by Gasteiger charge is -2.00. The average Bonchev–Trinajstić information content (AvgIpc) is 2.38. The third kappa shape index (κ3) is 3.16. The highest BCUT2D eigenvalue weighted by Gasteiger charge is 1.97. The highest BCUT2D eigenvalue weighted by Crippen LogP contribution is 2.21. The standard InChI is InChI=1S/C16H16N2/c1-13-7-6-8-14(2)16(13)18-12-17-11-15-9-4-3-5-10-15/h3-10H,11H2,1-2H3. The molecule has 0 amide bonds. The molecule has 0 aliphatic heterocycles. The van der Waals surface area contributed by atoms with Gasteiger partial charge in [0.2, 0.25) is 0 Å². The van der Waals surface area contributed by atoms with Gasteiger partial charge in [0.05, 0.1) is 18.2 Å². The van der Waals surface area contributed by atoms with Crippen molar-refractivity contribution in [2.45, 2.75) is 20.4 Å². The fraction of sp³-hybridized carbons (Fsp3) is 0.188. The first kappa shape index (κ1) is 12.3. The quantitative estimate of drug-likeness (QED) is 0.709. The van der Waals surface area contributed by atoms with Crippen LogP contribution in [-0.2, 0) is 6.54 Å². The van der Waals surface area contributed by atoms with Crippen LogP contribution in [-0.4, -0.2) is 6.01 Å². The van der Waals surface area contributed by atoms with Gasteiger partial charge in [-0.25, -0.2) is 4.99 Å².